The van der Waals surface area contributed by atoms with E-state index >= 15 is 0 Å². The minimum absolute atomic E-state index is 0.619. The molecule has 1 unspecified atom stereocenters. The van der Waals surface area contributed by atoms with Crippen molar-refractivity contribution in [3.8, 4) is 11.1 Å². The Kier molecular flexibility index (Phi) is 4.59. The van der Waals surface area contributed by atoms with Crippen molar-refractivity contribution in [3.63, 3.8) is 0 Å². The summed E-state index contributed by atoms with van der Waals surface area (Å²) in [6.07, 6.45) is 4.08. The third-order valence-electron chi connectivity index (χ3n) is 3.30. The largest absolute Gasteiger partial charge is 0.272 e. The summed E-state index contributed by atoms with van der Waals surface area (Å²) >= 11 is 3.58. The molecule has 0 aliphatic rings. The van der Waals surface area contributed by atoms with E-state index < -0.39 is 0 Å². The number of rotatable bonds is 5. The number of halogens is 1. The van der Waals surface area contributed by atoms with Gasteiger partial charge < -0.3 is 0 Å². The lowest BCUT2D eigenvalue weighted by molar-refractivity contribution is 0.357. The monoisotopic (exact) mass is 306 g/mol. The van der Waals surface area contributed by atoms with Crippen LogP contribution in [0.2, 0.25) is 0 Å². The molecule has 1 atom stereocenters. The van der Waals surface area contributed by atoms with Crippen molar-refractivity contribution in [1.82, 2.24) is 9.78 Å². The zero-order valence-corrected chi connectivity index (χ0v) is 12.5. The summed E-state index contributed by atoms with van der Waals surface area (Å²) in [6.45, 7) is 5.48. The van der Waals surface area contributed by atoms with E-state index in [9.17, 15) is 0 Å². The fourth-order valence-electron chi connectivity index (χ4n) is 1.92. The van der Waals surface area contributed by atoms with Crippen LogP contribution in [0, 0.1) is 11.8 Å². The average molecular weight is 307 g/mol. The van der Waals surface area contributed by atoms with Crippen LogP contribution in [0.1, 0.15) is 13.8 Å². The molecule has 96 valence electrons. The molecule has 2 aromatic rings. The first-order valence-electron chi connectivity index (χ1n) is 6.34. The van der Waals surface area contributed by atoms with Gasteiger partial charge in [0.1, 0.15) is 0 Å². The predicted molar refractivity (Wildman–Crippen MR) is 79.8 cm³/mol. The van der Waals surface area contributed by atoms with Crippen LogP contribution in [0.4, 0.5) is 0 Å². The second kappa shape index (κ2) is 6.19. The van der Waals surface area contributed by atoms with E-state index in [0.29, 0.717) is 11.8 Å². The van der Waals surface area contributed by atoms with Crippen LogP contribution in [0.25, 0.3) is 11.1 Å². The van der Waals surface area contributed by atoms with Gasteiger partial charge in [0, 0.05) is 23.6 Å². The first-order chi connectivity index (χ1) is 8.70. The molecule has 0 bridgehead atoms. The molecule has 18 heavy (non-hydrogen) atoms. The number of aromatic nitrogens is 2. The molecule has 2 nitrogen and oxygen atoms in total. The van der Waals surface area contributed by atoms with Crippen LogP contribution < -0.4 is 0 Å². The summed E-state index contributed by atoms with van der Waals surface area (Å²) < 4.78 is 2.05. The number of benzene rings is 1. The zero-order chi connectivity index (χ0) is 13.0. The fraction of sp³-hybridized carbons (Fsp3) is 0.400. The molecule has 0 radical (unpaired) electrons. The normalized spacial score (nSPS) is 12.9. The summed E-state index contributed by atoms with van der Waals surface area (Å²) in [4.78, 5) is 0. The number of alkyl halides is 1. The zero-order valence-electron chi connectivity index (χ0n) is 10.9. The number of hydrogen-bond donors (Lipinski definition) is 0. The molecule has 0 spiro atoms. The van der Waals surface area contributed by atoms with Crippen molar-refractivity contribution in [1.29, 1.82) is 0 Å². The van der Waals surface area contributed by atoms with Gasteiger partial charge >= 0.3 is 0 Å². The van der Waals surface area contributed by atoms with Crippen molar-refractivity contribution in [2.24, 2.45) is 11.8 Å². The maximum Gasteiger partial charge on any atom is 0.0568 e. The van der Waals surface area contributed by atoms with Crippen LogP contribution in [-0.2, 0) is 6.54 Å². The van der Waals surface area contributed by atoms with E-state index in [1.54, 1.807) is 0 Å². The Morgan fingerprint density at radius 3 is 2.50 bits per heavy atom. The third-order valence-corrected chi connectivity index (χ3v) is 4.13. The van der Waals surface area contributed by atoms with Gasteiger partial charge in [-0.1, -0.05) is 60.1 Å². The molecule has 0 saturated carbocycles. The smallest absolute Gasteiger partial charge is 0.0568 e. The van der Waals surface area contributed by atoms with E-state index in [-0.39, 0.29) is 0 Å². The molecule has 0 aliphatic heterocycles. The van der Waals surface area contributed by atoms with Gasteiger partial charge in [0.2, 0.25) is 0 Å². The Morgan fingerprint density at radius 1 is 1.17 bits per heavy atom. The first-order valence-corrected chi connectivity index (χ1v) is 7.46. The highest BCUT2D eigenvalue weighted by molar-refractivity contribution is 9.09. The standard InChI is InChI=1S/C15H19BrN2/c1-12(2)14(8-16)10-18-11-15(9-17-18)13-6-4-3-5-7-13/h3-7,9,11-12,14H,8,10H2,1-2H3. The quantitative estimate of drug-likeness (QED) is 0.756. The van der Waals surface area contributed by atoms with Crippen molar-refractivity contribution in [3.05, 3.63) is 42.7 Å². The highest BCUT2D eigenvalue weighted by Crippen LogP contribution is 2.20. The maximum absolute atomic E-state index is 4.46. The van der Waals surface area contributed by atoms with E-state index in [1.165, 1.54) is 11.1 Å². The summed E-state index contributed by atoms with van der Waals surface area (Å²) in [5.41, 5.74) is 2.41. The van der Waals surface area contributed by atoms with E-state index in [0.717, 1.165) is 11.9 Å². The molecule has 0 amide bonds. The van der Waals surface area contributed by atoms with Crippen LogP contribution >= 0.6 is 15.9 Å². The Hall–Kier alpha value is -1.09. The molecule has 1 aromatic carbocycles. The minimum Gasteiger partial charge on any atom is -0.272 e. The highest BCUT2D eigenvalue weighted by atomic mass is 79.9. The second-order valence-corrected chi connectivity index (χ2v) is 5.62. The Balaban J connectivity index is 2.11. The topological polar surface area (TPSA) is 17.8 Å². The van der Waals surface area contributed by atoms with Crippen molar-refractivity contribution >= 4 is 15.9 Å². The van der Waals surface area contributed by atoms with E-state index in [1.807, 2.05) is 16.9 Å². The van der Waals surface area contributed by atoms with Gasteiger partial charge in [-0.05, 0) is 17.4 Å². The van der Waals surface area contributed by atoms with Crippen LogP contribution in [-0.4, -0.2) is 15.1 Å². The highest BCUT2D eigenvalue weighted by Gasteiger charge is 2.13. The van der Waals surface area contributed by atoms with Crippen molar-refractivity contribution in [2.75, 3.05) is 5.33 Å². The Labute approximate surface area is 117 Å². The number of nitrogens with zero attached hydrogens (tertiary/aromatic N) is 2. The van der Waals surface area contributed by atoms with Gasteiger partial charge in [-0.2, -0.15) is 5.10 Å². The maximum atomic E-state index is 4.46. The van der Waals surface area contributed by atoms with Crippen molar-refractivity contribution in [2.45, 2.75) is 20.4 Å². The van der Waals surface area contributed by atoms with Gasteiger partial charge in [0.25, 0.3) is 0 Å². The lowest BCUT2D eigenvalue weighted by Crippen LogP contribution is -2.18. The first kappa shape index (κ1) is 13.3. The average Bonchev–Trinajstić information content (AvgIpc) is 2.85. The van der Waals surface area contributed by atoms with Crippen LogP contribution in [0.15, 0.2) is 42.7 Å². The third kappa shape index (κ3) is 3.22. The molecule has 2 rings (SSSR count). The van der Waals surface area contributed by atoms with Crippen LogP contribution in [0.3, 0.4) is 0 Å². The molecule has 0 aliphatic carbocycles. The summed E-state index contributed by atoms with van der Waals surface area (Å²) in [7, 11) is 0. The van der Waals surface area contributed by atoms with Gasteiger partial charge in [0.05, 0.1) is 6.20 Å². The van der Waals surface area contributed by atoms with Gasteiger partial charge in [-0.3, -0.25) is 4.68 Å². The summed E-state index contributed by atoms with van der Waals surface area (Å²) in [5.74, 6) is 1.28. The fourth-order valence-corrected chi connectivity index (χ4v) is 2.87. The molecular weight excluding hydrogens is 288 g/mol. The molecule has 1 aromatic heterocycles. The molecule has 0 saturated heterocycles. The summed E-state index contributed by atoms with van der Waals surface area (Å²) in [5, 5.41) is 5.48. The summed E-state index contributed by atoms with van der Waals surface area (Å²) in [6, 6.07) is 10.4. The molecule has 0 fully saturated rings. The molecule has 0 N–H and O–H groups in total. The van der Waals surface area contributed by atoms with Crippen molar-refractivity contribution < 1.29 is 0 Å². The van der Waals surface area contributed by atoms with Gasteiger partial charge in [-0.15, -0.1) is 0 Å². The molecule has 3 heteroatoms. The lowest BCUT2D eigenvalue weighted by atomic mass is 9.98. The lowest BCUT2D eigenvalue weighted by Gasteiger charge is -2.17. The Morgan fingerprint density at radius 2 is 1.89 bits per heavy atom. The van der Waals surface area contributed by atoms with Crippen LogP contribution in [0.5, 0.6) is 0 Å². The molecule has 1 heterocycles. The van der Waals surface area contributed by atoms with E-state index in [2.05, 4.69) is 65.3 Å². The number of hydrogen-bond acceptors (Lipinski definition) is 1. The predicted octanol–water partition coefficient (Wildman–Crippen LogP) is 4.22. The Bertz CT molecular complexity index is 476. The van der Waals surface area contributed by atoms with Gasteiger partial charge in [-0.25, -0.2) is 0 Å². The van der Waals surface area contributed by atoms with Gasteiger partial charge in [0.15, 0.2) is 0 Å². The minimum atomic E-state index is 0.619. The van der Waals surface area contributed by atoms with E-state index in [4.69, 9.17) is 0 Å². The molecular formula is C15H19BrN2. The SMILES string of the molecule is CC(C)C(CBr)Cn1cc(-c2ccccc2)cn1. The second-order valence-electron chi connectivity index (χ2n) is 4.98.